The number of nitrogens with zero attached hydrogens (tertiary/aromatic N) is 3. The third-order valence-electron chi connectivity index (χ3n) is 3.51. The molecule has 0 aliphatic rings. The summed E-state index contributed by atoms with van der Waals surface area (Å²) >= 11 is 0. The lowest BCUT2D eigenvalue weighted by molar-refractivity contribution is 0.628. The minimum atomic E-state index is -0.257. The van der Waals surface area contributed by atoms with Crippen molar-refractivity contribution in [3.05, 3.63) is 78.7 Å². The molecule has 4 heteroatoms. The van der Waals surface area contributed by atoms with Crippen molar-refractivity contribution in [2.24, 2.45) is 0 Å². The zero-order valence-electron chi connectivity index (χ0n) is 11.6. The molecular formula is C18H11FN3. The van der Waals surface area contributed by atoms with Crippen molar-refractivity contribution in [3.63, 3.8) is 0 Å². The fourth-order valence-electron chi connectivity index (χ4n) is 2.40. The molecule has 0 N–H and O–H groups in total. The van der Waals surface area contributed by atoms with E-state index in [4.69, 9.17) is 0 Å². The molecule has 0 aliphatic heterocycles. The molecule has 0 spiro atoms. The first kappa shape index (κ1) is 12.7. The summed E-state index contributed by atoms with van der Waals surface area (Å²) in [5.74, 6) is -0.257. The van der Waals surface area contributed by atoms with Crippen LogP contribution in [-0.2, 0) is 0 Å². The molecule has 4 rings (SSSR count). The van der Waals surface area contributed by atoms with Crippen molar-refractivity contribution < 1.29 is 4.39 Å². The van der Waals surface area contributed by atoms with E-state index in [1.165, 1.54) is 12.1 Å². The molecule has 0 atom stereocenters. The molecule has 2 heterocycles. The Kier molecular flexibility index (Phi) is 2.93. The van der Waals surface area contributed by atoms with Gasteiger partial charge in [-0.2, -0.15) is 5.10 Å². The Morgan fingerprint density at radius 1 is 0.955 bits per heavy atom. The second-order valence-corrected chi connectivity index (χ2v) is 4.93. The minimum Gasteiger partial charge on any atom is -0.235 e. The van der Waals surface area contributed by atoms with Crippen molar-refractivity contribution in [2.45, 2.75) is 0 Å². The van der Waals surface area contributed by atoms with Crippen LogP contribution in [0.4, 0.5) is 4.39 Å². The van der Waals surface area contributed by atoms with Crippen LogP contribution in [0.15, 0.2) is 66.9 Å². The van der Waals surface area contributed by atoms with E-state index in [1.54, 1.807) is 22.8 Å². The van der Waals surface area contributed by atoms with Crippen molar-refractivity contribution in [1.82, 2.24) is 14.6 Å². The summed E-state index contributed by atoms with van der Waals surface area (Å²) in [7, 11) is 0. The van der Waals surface area contributed by atoms with E-state index in [1.807, 2.05) is 36.4 Å². The first-order chi connectivity index (χ1) is 10.8. The first-order valence-corrected chi connectivity index (χ1v) is 6.88. The van der Waals surface area contributed by atoms with Crippen LogP contribution in [0.25, 0.3) is 28.2 Å². The summed E-state index contributed by atoms with van der Waals surface area (Å²) in [6.07, 6.45) is 1.79. The van der Waals surface area contributed by atoms with E-state index >= 15 is 0 Å². The lowest BCUT2D eigenvalue weighted by Crippen LogP contribution is -1.96. The molecule has 0 saturated carbocycles. The quantitative estimate of drug-likeness (QED) is 0.558. The fraction of sp³-hybridized carbons (Fsp3) is 0. The fourth-order valence-corrected chi connectivity index (χ4v) is 2.40. The molecule has 0 aliphatic carbocycles. The molecule has 1 radical (unpaired) electrons. The smallest absolute Gasteiger partial charge is 0.154 e. The van der Waals surface area contributed by atoms with Crippen molar-refractivity contribution in [2.75, 3.05) is 0 Å². The third-order valence-corrected chi connectivity index (χ3v) is 3.51. The maximum absolute atomic E-state index is 13.1. The van der Waals surface area contributed by atoms with Crippen LogP contribution in [0.5, 0.6) is 0 Å². The Hall–Kier alpha value is -3.01. The van der Waals surface area contributed by atoms with Gasteiger partial charge in [-0.3, -0.25) is 0 Å². The average Bonchev–Trinajstić information content (AvgIpc) is 2.99. The standard InChI is InChI=1S/C18H11FN3/c19-15-8-6-13(7-9-15)16-10-11-18-20-12-17(22(18)21-16)14-4-2-1-3-5-14/h1-2,4-12H. The number of hydrogen-bond donors (Lipinski definition) is 0. The van der Waals surface area contributed by atoms with Crippen LogP contribution in [0.3, 0.4) is 0 Å². The second kappa shape index (κ2) is 5.07. The maximum atomic E-state index is 13.1. The molecule has 105 valence electrons. The van der Waals surface area contributed by atoms with Gasteiger partial charge in [0.2, 0.25) is 0 Å². The molecule has 0 bridgehead atoms. The van der Waals surface area contributed by atoms with E-state index < -0.39 is 0 Å². The van der Waals surface area contributed by atoms with Gasteiger partial charge in [-0.1, -0.05) is 18.2 Å². The van der Waals surface area contributed by atoms with E-state index in [2.05, 4.69) is 16.1 Å². The van der Waals surface area contributed by atoms with E-state index in [9.17, 15) is 4.39 Å². The monoisotopic (exact) mass is 288 g/mol. The number of halogens is 1. The molecular weight excluding hydrogens is 277 g/mol. The maximum Gasteiger partial charge on any atom is 0.154 e. The van der Waals surface area contributed by atoms with Crippen molar-refractivity contribution >= 4 is 5.65 Å². The summed E-state index contributed by atoms with van der Waals surface area (Å²) in [5.41, 5.74) is 4.30. The lowest BCUT2D eigenvalue weighted by atomic mass is 10.1. The highest BCUT2D eigenvalue weighted by atomic mass is 19.1. The molecule has 2 aromatic heterocycles. The molecule has 0 amide bonds. The Morgan fingerprint density at radius 3 is 2.59 bits per heavy atom. The highest BCUT2D eigenvalue weighted by molar-refractivity contribution is 5.65. The number of rotatable bonds is 2. The Labute approximate surface area is 126 Å². The normalized spacial score (nSPS) is 11.0. The van der Waals surface area contributed by atoms with Gasteiger partial charge < -0.3 is 0 Å². The van der Waals surface area contributed by atoms with Gasteiger partial charge in [-0.25, -0.2) is 13.9 Å². The van der Waals surface area contributed by atoms with Gasteiger partial charge in [0.15, 0.2) is 5.65 Å². The van der Waals surface area contributed by atoms with Gasteiger partial charge >= 0.3 is 0 Å². The summed E-state index contributed by atoms with van der Waals surface area (Å²) in [4.78, 5) is 4.37. The highest BCUT2D eigenvalue weighted by Gasteiger charge is 2.08. The number of hydrogen-bond acceptors (Lipinski definition) is 2. The van der Waals surface area contributed by atoms with Crippen molar-refractivity contribution in [1.29, 1.82) is 0 Å². The molecule has 0 fully saturated rings. The van der Waals surface area contributed by atoms with Gasteiger partial charge in [0.05, 0.1) is 17.6 Å². The first-order valence-electron chi connectivity index (χ1n) is 6.88. The molecule has 2 aromatic carbocycles. The van der Waals surface area contributed by atoms with Gasteiger partial charge in [0.1, 0.15) is 5.82 Å². The Morgan fingerprint density at radius 2 is 1.82 bits per heavy atom. The third kappa shape index (κ3) is 2.15. The summed E-state index contributed by atoms with van der Waals surface area (Å²) in [5, 5.41) is 4.63. The predicted octanol–water partition coefficient (Wildman–Crippen LogP) is 4.00. The zero-order valence-corrected chi connectivity index (χ0v) is 11.6. The van der Waals surface area contributed by atoms with E-state index in [-0.39, 0.29) is 5.82 Å². The molecule has 22 heavy (non-hydrogen) atoms. The van der Waals surface area contributed by atoms with Crippen LogP contribution in [0, 0.1) is 11.9 Å². The number of fused-ring (bicyclic) bond motifs is 1. The average molecular weight is 288 g/mol. The van der Waals surface area contributed by atoms with Crippen LogP contribution < -0.4 is 0 Å². The van der Waals surface area contributed by atoms with Crippen molar-refractivity contribution in [3.8, 4) is 22.5 Å². The summed E-state index contributed by atoms with van der Waals surface area (Å²) in [6, 6.07) is 20.8. The summed E-state index contributed by atoms with van der Waals surface area (Å²) in [6.45, 7) is 0. The predicted molar refractivity (Wildman–Crippen MR) is 82.7 cm³/mol. The van der Waals surface area contributed by atoms with Gasteiger partial charge in [0.25, 0.3) is 0 Å². The molecule has 3 nitrogen and oxygen atoms in total. The second-order valence-electron chi connectivity index (χ2n) is 4.93. The van der Waals surface area contributed by atoms with Gasteiger partial charge in [-0.15, -0.1) is 0 Å². The zero-order chi connectivity index (χ0) is 14.9. The molecule has 4 aromatic rings. The van der Waals surface area contributed by atoms with Crippen LogP contribution in [0.2, 0.25) is 0 Å². The van der Waals surface area contributed by atoms with Gasteiger partial charge in [-0.05, 0) is 48.5 Å². The topological polar surface area (TPSA) is 30.2 Å². The largest absolute Gasteiger partial charge is 0.235 e. The summed E-state index contributed by atoms with van der Waals surface area (Å²) < 4.78 is 14.8. The van der Waals surface area contributed by atoms with Crippen LogP contribution in [0.1, 0.15) is 0 Å². The molecule has 0 unspecified atom stereocenters. The Balaban J connectivity index is 1.88. The van der Waals surface area contributed by atoms with Gasteiger partial charge in [0, 0.05) is 11.1 Å². The lowest BCUT2D eigenvalue weighted by Gasteiger charge is -2.04. The SMILES string of the molecule is Fc1ccc(-c2ccc3ncc(-c4c[c]ccc4)n3n2)cc1. The number of benzene rings is 2. The number of imidazole rings is 1. The van der Waals surface area contributed by atoms with E-state index in [0.29, 0.717) is 0 Å². The Bertz CT molecular complexity index is 928. The minimum absolute atomic E-state index is 0.257. The molecule has 0 saturated heterocycles. The number of aromatic nitrogens is 3. The van der Waals surface area contributed by atoms with Crippen LogP contribution >= 0.6 is 0 Å². The highest BCUT2D eigenvalue weighted by Crippen LogP contribution is 2.22. The van der Waals surface area contributed by atoms with E-state index in [0.717, 1.165) is 28.2 Å². The van der Waals surface area contributed by atoms with Crippen LogP contribution in [-0.4, -0.2) is 14.6 Å².